The van der Waals surface area contributed by atoms with E-state index in [2.05, 4.69) is 30.8 Å². The fourth-order valence-electron chi connectivity index (χ4n) is 6.57. The van der Waals surface area contributed by atoms with Crippen LogP contribution in [0.2, 0.25) is 0 Å². The molecule has 0 aromatic heterocycles. The fourth-order valence-corrected chi connectivity index (χ4v) is 6.57. The predicted molar refractivity (Wildman–Crippen MR) is 110 cm³/mol. The minimum Gasteiger partial charge on any atom is -0.507 e. The Hall–Kier alpha value is -2.55. The number of phenols is 1. The Morgan fingerprint density at radius 1 is 0.929 bits per heavy atom. The van der Waals surface area contributed by atoms with E-state index >= 15 is 0 Å². The Labute approximate surface area is 165 Å². The zero-order chi connectivity index (χ0) is 19.5. The van der Waals surface area contributed by atoms with E-state index in [1.165, 1.54) is 44.1 Å². The number of carboxylic acids is 1. The third kappa shape index (κ3) is 2.76. The van der Waals surface area contributed by atoms with Gasteiger partial charge in [-0.05, 0) is 90.5 Å². The Balaban J connectivity index is 1.53. The maximum atomic E-state index is 11.3. The molecule has 28 heavy (non-hydrogen) atoms. The SMILES string of the molecule is C=C(C(=O)O)c1cc(-c2cccc(C34CC5CC(CC(C5)C3)C4)c2)ccc1O. The van der Waals surface area contributed by atoms with Crippen molar-refractivity contribution in [3.63, 3.8) is 0 Å². The first-order valence-electron chi connectivity index (χ1n) is 10.3. The Kier molecular flexibility index (Phi) is 3.90. The van der Waals surface area contributed by atoms with Crippen molar-refractivity contribution < 1.29 is 15.0 Å². The van der Waals surface area contributed by atoms with Crippen LogP contribution in [-0.4, -0.2) is 16.2 Å². The lowest BCUT2D eigenvalue weighted by atomic mass is 9.48. The van der Waals surface area contributed by atoms with E-state index in [4.69, 9.17) is 0 Å². The molecule has 144 valence electrons. The summed E-state index contributed by atoms with van der Waals surface area (Å²) in [6, 6.07) is 13.9. The molecule has 4 aliphatic rings. The maximum absolute atomic E-state index is 11.3. The highest BCUT2D eigenvalue weighted by Crippen LogP contribution is 2.60. The summed E-state index contributed by atoms with van der Waals surface area (Å²) in [4.78, 5) is 11.3. The molecule has 0 heterocycles. The molecule has 4 bridgehead atoms. The summed E-state index contributed by atoms with van der Waals surface area (Å²) in [7, 11) is 0. The van der Waals surface area contributed by atoms with E-state index < -0.39 is 5.97 Å². The second kappa shape index (κ2) is 6.23. The van der Waals surface area contributed by atoms with Gasteiger partial charge in [0.2, 0.25) is 0 Å². The quantitative estimate of drug-likeness (QED) is 0.683. The van der Waals surface area contributed by atoms with E-state index in [1.54, 1.807) is 12.1 Å². The highest BCUT2D eigenvalue weighted by Gasteiger charge is 2.51. The lowest BCUT2D eigenvalue weighted by Gasteiger charge is -2.57. The van der Waals surface area contributed by atoms with Crippen molar-refractivity contribution in [2.75, 3.05) is 0 Å². The molecular formula is C25H26O3. The van der Waals surface area contributed by atoms with Crippen molar-refractivity contribution in [3.8, 4) is 16.9 Å². The molecule has 0 unspecified atom stereocenters. The normalized spacial score (nSPS) is 30.4. The Bertz CT molecular complexity index is 936. The maximum Gasteiger partial charge on any atom is 0.335 e. The molecule has 0 spiro atoms. The summed E-state index contributed by atoms with van der Waals surface area (Å²) in [5.74, 6) is 1.53. The molecule has 2 N–H and O–H groups in total. The smallest absolute Gasteiger partial charge is 0.335 e. The van der Waals surface area contributed by atoms with E-state index in [0.29, 0.717) is 5.41 Å². The highest BCUT2D eigenvalue weighted by molar-refractivity contribution is 6.15. The molecule has 4 aliphatic carbocycles. The average molecular weight is 374 g/mol. The topological polar surface area (TPSA) is 57.5 Å². The van der Waals surface area contributed by atoms with Gasteiger partial charge in [0.15, 0.2) is 0 Å². The summed E-state index contributed by atoms with van der Waals surface area (Å²) in [5, 5.41) is 19.3. The average Bonchev–Trinajstić information content (AvgIpc) is 2.67. The van der Waals surface area contributed by atoms with Crippen LogP contribution in [0.4, 0.5) is 0 Å². The molecular weight excluding hydrogens is 348 g/mol. The number of hydrogen-bond acceptors (Lipinski definition) is 2. The molecule has 0 amide bonds. The lowest BCUT2D eigenvalue weighted by molar-refractivity contribution is -0.130. The van der Waals surface area contributed by atoms with E-state index in [-0.39, 0.29) is 16.9 Å². The van der Waals surface area contributed by atoms with Crippen LogP contribution in [0.15, 0.2) is 49.0 Å². The summed E-state index contributed by atoms with van der Waals surface area (Å²) in [5.41, 5.74) is 3.96. The molecule has 2 aromatic rings. The van der Waals surface area contributed by atoms with Gasteiger partial charge in [-0.2, -0.15) is 0 Å². The van der Waals surface area contributed by atoms with Crippen molar-refractivity contribution in [2.24, 2.45) is 17.8 Å². The van der Waals surface area contributed by atoms with Crippen LogP contribution in [0.25, 0.3) is 16.7 Å². The molecule has 3 heteroatoms. The summed E-state index contributed by atoms with van der Waals surface area (Å²) >= 11 is 0. The van der Waals surface area contributed by atoms with Crippen molar-refractivity contribution >= 4 is 11.5 Å². The molecule has 2 aromatic carbocycles. The second-order valence-corrected chi connectivity index (χ2v) is 9.29. The van der Waals surface area contributed by atoms with Crippen LogP contribution in [0.3, 0.4) is 0 Å². The van der Waals surface area contributed by atoms with Crippen LogP contribution in [-0.2, 0) is 10.2 Å². The van der Waals surface area contributed by atoms with Gasteiger partial charge >= 0.3 is 5.97 Å². The molecule has 0 radical (unpaired) electrons. The van der Waals surface area contributed by atoms with Crippen molar-refractivity contribution in [1.82, 2.24) is 0 Å². The van der Waals surface area contributed by atoms with Gasteiger partial charge in [0, 0.05) is 5.56 Å². The number of aliphatic carboxylic acids is 1. The minimum atomic E-state index is -1.12. The van der Waals surface area contributed by atoms with Crippen LogP contribution < -0.4 is 0 Å². The third-order valence-corrected chi connectivity index (χ3v) is 7.43. The number of aromatic hydroxyl groups is 1. The minimum absolute atomic E-state index is 0.0478. The molecule has 4 saturated carbocycles. The van der Waals surface area contributed by atoms with Gasteiger partial charge in [-0.3, -0.25) is 0 Å². The number of carbonyl (C=O) groups is 1. The Morgan fingerprint density at radius 2 is 1.54 bits per heavy atom. The second-order valence-electron chi connectivity index (χ2n) is 9.29. The third-order valence-electron chi connectivity index (χ3n) is 7.43. The number of carboxylic acid groups (broad SMARTS) is 1. The summed E-state index contributed by atoms with van der Waals surface area (Å²) in [6.45, 7) is 3.60. The van der Waals surface area contributed by atoms with Crippen LogP contribution in [0, 0.1) is 17.8 Å². The molecule has 4 fully saturated rings. The van der Waals surface area contributed by atoms with E-state index in [0.717, 1.165) is 28.9 Å². The van der Waals surface area contributed by atoms with E-state index in [9.17, 15) is 15.0 Å². The zero-order valence-electron chi connectivity index (χ0n) is 16.0. The molecule has 6 rings (SSSR count). The van der Waals surface area contributed by atoms with Crippen LogP contribution in [0.1, 0.15) is 49.7 Å². The van der Waals surface area contributed by atoms with Crippen molar-refractivity contribution in [3.05, 3.63) is 60.2 Å². The summed E-state index contributed by atoms with van der Waals surface area (Å²) < 4.78 is 0. The Morgan fingerprint density at radius 3 is 2.14 bits per heavy atom. The molecule has 0 aliphatic heterocycles. The fraction of sp³-hybridized carbons (Fsp3) is 0.400. The molecule has 0 atom stereocenters. The lowest BCUT2D eigenvalue weighted by Crippen LogP contribution is -2.48. The first-order valence-corrected chi connectivity index (χ1v) is 10.3. The van der Waals surface area contributed by atoms with Gasteiger partial charge in [0.25, 0.3) is 0 Å². The van der Waals surface area contributed by atoms with E-state index in [1.807, 2.05) is 6.07 Å². The first-order chi connectivity index (χ1) is 13.4. The van der Waals surface area contributed by atoms with Gasteiger partial charge in [0.05, 0.1) is 5.57 Å². The van der Waals surface area contributed by atoms with Gasteiger partial charge in [-0.25, -0.2) is 4.79 Å². The van der Waals surface area contributed by atoms with Gasteiger partial charge < -0.3 is 10.2 Å². The number of rotatable bonds is 4. The number of benzene rings is 2. The summed E-state index contributed by atoms with van der Waals surface area (Å²) in [6.07, 6.45) is 8.24. The number of hydrogen-bond donors (Lipinski definition) is 2. The predicted octanol–water partition coefficient (Wildman–Crippen LogP) is 5.62. The van der Waals surface area contributed by atoms with Gasteiger partial charge in [0.1, 0.15) is 5.75 Å². The van der Waals surface area contributed by atoms with Crippen LogP contribution in [0.5, 0.6) is 5.75 Å². The monoisotopic (exact) mass is 374 g/mol. The largest absolute Gasteiger partial charge is 0.507 e. The zero-order valence-corrected chi connectivity index (χ0v) is 16.0. The highest BCUT2D eigenvalue weighted by atomic mass is 16.4. The van der Waals surface area contributed by atoms with Crippen molar-refractivity contribution in [1.29, 1.82) is 0 Å². The molecule has 3 nitrogen and oxygen atoms in total. The first kappa shape index (κ1) is 17.5. The number of phenolic OH excluding ortho intramolecular Hbond substituents is 1. The standard InChI is InChI=1S/C25H26O3/c1-15(24(27)28)22-11-20(5-6-23(22)26)19-3-2-4-21(10-19)25-12-16-7-17(13-25)9-18(8-16)14-25/h2-6,10-11,16-18,26H,1,7-9,12-14H2,(H,27,28). The molecule has 0 saturated heterocycles. The van der Waals surface area contributed by atoms with Crippen LogP contribution >= 0.6 is 0 Å². The van der Waals surface area contributed by atoms with Gasteiger partial charge in [-0.1, -0.05) is 36.9 Å². The van der Waals surface area contributed by atoms with Crippen molar-refractivity contribution in [2.45, 2.75) is 43.9 Å². The van der Waals surface area contributed by atoms with Gasteiger partial charge in [-0.15, -0.1) is 0 Å².